The van der Waals surface area contributed by atoms with Crippen molar-refractivity contribution in [1.82, 2.24) is 24.6 Å². The van der Waals surface area contributed by atoms with Crippen LogP contribution in [-0.4, -0.2) is 51.1 Å². The summed E-state index contributed by atoms with van der Waals surface area (Å²) < 4.78 is 26.4. The van der Waals surface area contributed by atoms with Crippen molar-refractivity contribution >= 4 is 30.4 Å². The third kappa shape index (κ3) is 6.99. The summed E-state index contributed by atoms with van der Waals surface area (Å²) in [7, 11) is -3.15. The summed E-state index contributed by atoms with van der Waals surface area (Å²) in [6.07, 6.45) is 3.31. The Morgan fingerprint density at radius 1 is 1.29 bits per heavy atom. The highest BCUT2D eigenvalue weighted by Gasteiger charge is 2.28. The van der Waals surface area contributed by atoms with Gasteiger partial charge in [-0.3, -0.25) is 19.7 Å². The minimum Gasteiger partial charge on any atom is -0.465 e. The van der Waals surface area contributed by atoms with Gasteiger partial charge in [-0.1, -0.05) is 43.7 Å². The van der Waals surface area contributed by atoms with Crippen molar-refractivity contribution in [1.29, 1.82) is 0 Å². The van der Waals surface area contributed by atoms with Crippen molar-refractivity contribution in [2.45, 2.75) is 45.4 Å². The lowest BCUT2D eigenvalue weighted by Gasteiger charge is -2.23. The highest BCUT2D eigenvalue weighted by molar-refractivity contribution is 7.60. The summed E-state index contributed by atoms with van der Waals surface area (Å²) in [6, 6.07) is 8.63. The lowest BCUT2D eigenvalue weighted by Crippen LogP contribution is -2.35. The maximum atomic E-state index is 13.8. The van der Waals surface area contributed by atoms with E-state index in [0.717, 1.165) is 18.4 Å². The number of nitrogens with two attached hydrogens (primary N) is 1. The first-order valence-corrected chi connectivity index (χ1v) is 13.2. The van der Waals surface area contributed by atoms with Crippen LogP contribution in [0.5, 0.6) is 0 Å². The number of esters is 1. The van der Waals surface area contributed by atoms with Gasteiger partial charge >= 0.3 is 5.97 Å². The Morgan fingerprint density at radius 2 is 2.06 bits per heavy atom. The maximum Gasteiger partial charge on any atom is 0.323 e. The van der Waals surface area contributed by atoms with Crippen LogP contribution in [0.3, 0.4) is 0 Å². The van der Waals surface area contributed by atoms with Gasteiger partial charge < -0.3 is 24.3 Å². The number of benzene rings is 1. The Balaban J connectivity index is 1.64. The van der Waals surface area contributed by atoms with Crippen LogP contribution < -0.4 is 16.4 Å². The van der Waals surface area contributed by atoms with Crippen LogP contribution in [0.15, 0.2) is 41.5 Å². The van der Waals surface area contributed by atoms with Gasteiger partial charge in [0.25, 0.3) is 5.56 Å². The van der Waals surface area contributed by atoms with Crippen LogP contribution >= 0.6 is 7.29 Å². The summed E-state index contributed by atoms with van der Waals surface area (Å²) >= 11 is 0. The van der Waals surface area contributed by atoms with Crippen LogP contribution in [0.1, 0.15) is 32.3 Å². The number of nitrogens with one attached hydrogen (secondary N) is 2. The van der Waals surface area contributed by atoms with Gasteiger partial charge in [-0.25, -0.2) is 4.98 Å². The van der Waals surface area contributed by atoms with Crippen molar-refractivity contribution in [2.24, 2.45) is 0 Å². The van der Waals surface area contributed by atoms with Gasteiger partial charge in [-0.2, -0.15) is 4.98 Å². The second kappa shape index (κ2) is 11.9. The van der Waals surface area contributed by atoms with Gasteiger partial charge in [0.2, 0.25) is 5.95 Å². The van der Waals surface area contributed by atoms with E-state index in [1.165, 1.54) is 6.33 Å². The average molecular weight is 491 g/mol. The van der Waals surface area contributed by atoms with E-state index < -0.39 is 24.9 Å². The number of hydrogen-bond acceptors (Lipinski definition) is 8. The molecule has 11 nitrogen and oxygen atoms in total. The first kappa shape index (κ1) is 25.6. The number of fused-ring (bicyclic) bond motifs is 1. The van der Waals surface area contributed by atoms with Gasteiger partial charge in [0.05, 0.1) is 19.5 Å². The lowest BCUT2D eigenvalue weighted by molar-refractivity contribution is -0.145. The molecule has 34 heavy (non-hydrogen) atoms. The Kier molecular flexibility index (Phi) is 8.98. The third-order valence-electron chi connectivity index (χ3n) is 5.07. The van der Waals surface area contributed by atoms with Gasteiger partial charge in [-0.15, -0.1) is 0 Å². The fourth-order valence-electron chi connectivity index (χ4n) is 3.36. The molecule has 12 heteroatoms. The van der Waals surface area contributed by atoms with Crippen molar-refractivity contribution in [3.63, 3.8) is 0 Å². The Hall–Kier alpha value is -3.01. The molecule has 2 atom stereocenters. The minimum atomic E-state index is -3.15. The minimum absolute atomic E-state index is 0.00320. The summed E-state index contributed by atoms with van der Waals surface area (Å²) in [6.45, 7) is 4.50. The van der Waals surface area contributed by atoms with Crippen LogP contribution in [0, 0.1) is 0 Å². The number of rotatable bonds is 13. The Bertz CT molecular complexity index is 1200. The molecule has 0 radical (unpaired) electrons. The summed E-state index contributed by atoms with van der Waals surface area (Å²) in [5.41, 5.74) is 6.60. The fraction of sp³-hybridized carbons (Fsp3) is 0.455. The number of hydrogen-bond donors (Lipinski definition) is 3. The zero-order chi connectivity index (χ0) is 24.6. The van der Waals surface area contributed by atoms with E-state index in [-0.39, 0.29) is 30.6 Å². The largest absolute Gasteiger partial charge is 0.465 e. The molecule has 4 N–H and O–H groups in total. The van der Waals surface area contributed by atoms with Gasteiger partial charge in [0.1, 0.15) is 12.4 Å². The molecule has 3 rings (SSSR count). The van der Waals surface area contributed by atoms with Gasteiger partial charge in [0.15, 0.2) is 18.5 Å². The molecule has 0 aliphatic rings. The molecule has 2 heterocycles. The zero-order valence-corrected chi connectivity index (χ0v) is 20.3. The predicted molar refractivity (Wildman–Crippen MR) is 130 cm³/mol. The zero-order valence-electron chi connectivity index (χ0n) is 19.4. The number of ether oxygens (including phenoxy) is 2. The van der Waals surface area contributed by atoms with Crippen LogP contribution in [0.4, 0.5) is 5.95 Å². The van der Waals surface area contributed by atoms with Crippen LogP contribution in [0.2, 0.25) is 0 Å². The molecular formula is C22H31N6O5P. The second-order valence-corrected chi connectivity index (χ2v) is 10.6. The van der Waals surface area contributed by atoms with E-state index in [4.69, 9.17) is 15.2 Å². The maximum absolute atomic E-state index is 13.8. The van der Waals surface area contributed by atoms with Gasteiger partial charge in [-0.05, 0) is 18.9 Å². The lowest BCUT2D eigenvalue weighted by atomic mass is 10.2. The molecule has 0 bridgehead atoms. The predicted octanol–water partition coefficient (Wildman–Crippen LogP) is 2.48. The molecule has 0 fully saturated rings. The SMILES string of the molecule is CCCCOC(=O)[C@H](C)NP(=O)(COCCn1cnc2c(=O)[nH]c(N)nc21)Cc1ccccc1. The van der Waals surface area contributed by atoms with E-state index in [9.17, 15) is 14.2 Å². The van der Waals surface area contributed by atoms with Crippen LogP contribution in [-0.2, 0) is 31.5 Å². The van der Waals surface area contributed by atoms with E-state index in [1.54, 1.807) is 11.5 Å². The van der Waals surface area contributed by atoms with Crippen molar-refractivity contribution < 1.29 is 18.8 Å². The molecule has 2 aromatic heterocycles. The quantitative estimate of drug-likeness (QED) is 0.186. The van der Waals surface area contributed by atoms with E-state index in [2.05, 4.69) is 20.0 Å². The topological polar surface area (TPSA) is 154 Å². The molecule has 0 aliphatic carbocycles. The van der Waals surface area contributed by atoms with Crippen molar-refractivity contribution in [3.05, 3.63) is 52.6 Å². The normalized spacial score (nSPS) is 14.1. The van der Waals surface area contributed by atoms with Crippen molar-refractivity contribution in [2.75, 3.05) is 25.3 Å². The van der Waals surface area contributed by atoms with Crippen LogP contribution in [0.25, 0.3) is 11.2 Å². The molecular weight excluding hydrogens is 459 g/mol. The molecule has 1 unspecified atom stereocenters. The molecule has 0 saturated heterocycles. The summed E-state index contributed by atoms with van der Waals surface area (Å²) in [5, 5.41) is 2.97. The number of H-pyrrole nitrogens is 1. The molecule has 0 saturated carbocycles. The number of anilines is 1. The first-order valence-electron chi connectivity index (χ1n) is 11.2. The molecule has 0 amide bonds. The molecule has 184 valence electrons. The third-order valence-corrected chi connectivity index (χ3v) is 7.41. The number of aromatic amines is 1. The van der Waals surface area contributed by atoms with E-state index >= 15 is 0 Å². The molecule has 0 aliphatic heterocycles. The molecule has 3 aromatic rings. The number of carbonyl (C=O) groups is 1. The van der Waals surface area contributed by atoms with Crippen molar-refractivity contribution in [3.8, 4) is 0 Å². The standard InChI is InChI=1S/C22H31N6O5P/c1-3-4-11-33-21(30)16(2)27-34(31,13-17-8-6-5-7-9-17)15-32-12-10-28-14-24-18-19(28)25-22(23)26-20(18)29/h5-9,14,16H,3-4,10-13,15H2,1-2H3,(H,27,31)(H3,23,25,26,29)/t16-,34?/m0/s1. The number of unbranched alkanes of at least 4 members (excludes halogenated alkanes) is 1. The Labute approximate surface area is 197 Å². The average Bonchev–Trinajstić information content (AvgIpc) is 3.20. The molecule has 0 spiro atoms. The van der Waals surface area contributed by atoms with E-state index in [0.29, 0.717) is 18.8 Å². The highest BCUT2D eigenvalue weighted by Crippen LogP contribution is 2.45. The monoisotopic (exact) mass is 490 g/mol. The number of nitrogens with zero attached hydrogens (tertiary/aromatic N) is 3. The molecule has 1 aromatic carbocycles. The first-order chi connectivity index (χ1) is 16.3. The summed E-state index contributed by atoms with van der Waals surface area (Å²) in [5.74, 6) is -0.447. The Morgan fingerprint density at radius 3 is 2.79 bits per heavy atom. The smallest absolute Gasteiger partial charge is 0.323 e. The highest BCUT2D eigenvalue weighted by atomic mass is 31.2. The fourth-order valence-corrected chi connectivity index (χ4v) is 5.66. The summed E-state index contributed by atoms with van der Waals surface area (Å²) in [4.78, 5) is 34.8. The number of aromatic nitrogens is 4. The number of imidazole rings is 1. The van der Waals surface area contributed by atoms with Gasteiger partial charge in [0, 0.05) is 12.7 Å². The number of carbonyl (C=O) groups excluding carboxylic acids is 1. The second-order valence-electron chi connectivity index (χ2n) is 8.00. The van der Waals surface area contributed by atoms with E-state index in [1.807, 2.05) is 37.3 Å². The number of nitrogen functional groups attached to an aromatic ring is 1.